The Labute approximate surface area is 177 Å². The number of hydrogen-bond acceptors (Lipinski definition) is 2. The van der Waals surface area contributed by atoms with Gasteiger partial charge in [-0.3, -0.25) is 0 Å². The van der Waals surface area contributed by atoms with E-state index in [0.29, 0.717) is 0 Å². The lowest BCUT2D eigenvalue weighted by Crippen LogP contribution is -2.46. The van der Waals surface area contributed by atoms with Crippen LogP contribution in [0.3, 0.4) is 0 Å². The van der Waals surface area contributed by atoms with E-state index in [0.717, 1.165) is 17.8 Å². The van der Waals surface area contributed by atoms with Gasteiger partial charge in [0.2, 0.25) is 0 Å². The highest BCUT2D eigenvalue weighted by molar-refractivity contribution is 5.22. The van der Waals surface area contributed by atoms with Gasteiger partial charge in [0.15, 0.2) is 0 Å². The van der Waals surface area contributed by atoms with Crippen molar-refractivity contribution in [1.82, 2.24) is 9.80 Å². The summed E-state index contributed by atoms with van der Waals surface area (Å²) in [5, 5.41) is 0. The molecular formula is C27H38N2. The summed E-state index contributed by atoms with van der Waals surface area (Å²) in [7, 11) is 0. The number of unbranched alkanes of at least 4 members (excludes halogenated alkanes) is 1. The summed E-state index contributed by atoms with van der Waals surface area (Å²) in [4.78, 5) is 5.51. The van der Waals surface area contributed by atoms with Crippen LogP contribution in [0, 0.1) is 5.92 Å². The average molecular weight is 391 g/mol. The summed E-state index contributed by atoms with van der Waals surface area (Å²) in [6, 6.07) is 22.5. The summed E-state index contributed by atoms with van der Waals surface area (Å²) in [6.45, 7) is 9.92. The molecule has 0 aliphatic carbocycles. The molecule has 0 spiro atoms. The van der Waals surface area contributed by atoms with Gasteiger partial charge in [-0.1, -0.05) is 74.0 Å². The van der Waals surface area contributed by atoms with Crippen LogP contribution >= 0.6 is 0 Å². The van der Waals surface area contributed by atoms with Crippen LogP contribution in [0.25, 0.3) is 0 Å². The molecule has 0 saturated carbocycles. The van der Waals surface area contributed by atoms with E-state index in [1.165, 1.54) is 76.9 Å². The Hall–Kier alpha value is -1.64. The van der Waals surface area contributed by atoms with Crippen LogP contribution in [0.1, 0.15) is 62.0 Å². The molecule has 2 atom stereocenters. The smallest absolute Gasteiger partial charge is 0.00278 e. The van der Waals surface area contributed by atoms with E-state index in [1.54, 1.807) is 5.56 Å². The second kappa shape index (κ2) is 10.4. The highest BCUT2D eigenvalue weighted by Gasteiger charge is 2.32. The summed E-state index contributed by atoms with van der Waals surface area (Å²) in [5.74, 6) is 2.24. The van der Waals surface area contributed by atoms with Crippen LogP contribution in [-0.4, -0.2) is 49.1 Å². The third-order valence-corrected chi connectivity index (χ3v) is 7.22. The fourth-order valence-electron chi connectivity index (χ4n) is 5.52. The molecule has 2 aromatic rings. The lowest BCUT2D eigenvalue weighted by atomic mass is 9.79. The first-order valence-corrected chi connectivity index (χ1v) is 11.9. The van der Waals surface area contributed by atoms with Crippen molar-refractivity contribution in [2.45, 2.75) is 50.9 Å². The fraction of sp³-hybridized carbons (Fsp3) is 0.556. The van der Waals surface area contributed by atoms with Gasteiger partial charge < -0.3 is 9.80 Å². The Morgan fingerprint density at radius 2 is 1.38 bits per heavy atom. The minimum atomic E-state index is 0.723. The predicted molar refractivity (Wildman–Crippen MR) is 123 cm³/mol. The second-order valence-electron chi connectivity index (χ2n) is 9.21. The van der Waals surface area contributed by atoms with Crippen molar-refractivity contribution in [3.05, 3.63) is 71.8 Å². The minimum absolute atomic E-state index is 0.723. The first kappa shape index (κ1) is 20.6. The van der Waals surface area contributed by atoms with Crippen LogP contribution in [0.4, 0.5) is 0 Å². The summed E-state index contributed by atoms with van der Waals surface area (Å²) < 4.78 is 0. The molecule has 0 aromatic heterocycles. The van der Waals surface area contributed by atoms with Crippen molar-refractivity contribution in [1.29, 1.82) is 0 Å². The molecule has 156 valence electrons. The van der Waals surface area contributed by atoms with Crippen LogP contribution < -0.4 is 0 Å². The van der Waals surface area contributed by atoms with E-state index in [4.69, 9.17) is 0 Å². The first-order valence-electron chi connectivity index (χ1n) is 11.9. The quantitative estimate of drug-likeness (QED) is 0.592. The van der Waals surface area contributed by atoms with Gasteiger partial charge in [0.05, 0.1) is 0 Å². The van der Waals surface area contributed by atoms with E-state index < -0.39 is 0 Å². The third-order valence-electron chi connectivity index (χ3n) is 7.22. The van der Waals surface area contributed by atoms with Gasteiger partial charge in [0, 0.05) is 13.1 Å². The third kappa shape index (κ3) is 5.49. The largest absolute Gasteiger partial charge is 0.303 e. The van der Waals surface area contributed by atoms with Gasteiger partial charge >= 0.3 is 0 Å². The van der Waals surface area contributed by atoms with Crippen molar-refractivity contribution in [2.24, 2.45) is 5.92 Å². The predicted octanol–water partition coefficient (Wildman–Crippen LogP) is 5.77. The van der Waals surface area contributed by atoms with Gasteiger partial charge in [-0.15, -0.1) is 0 Å². The molecule has 2 heterocycles. The van der Waals surface area contributed by atoms with Crippen molar-refractivity contribution >= 4 is 0 Å². The Kier molecular flexibility index (Phi) is 7.40. The standard InChI is InChI=1S/C27H38N2/c1-2-3-17-28-20-16-27(25-12-8-5-9-13-25)26(21-28)22-29-18-14-24(15-19-29)23-10-6-4-7-11-23/h4-13,24,26-27H,2-3,14-22H2,1H3/t26-,27-/m1/s1. The Morgan fingerprint density at radius 1 is 0.759 bits per heavy atom. The Bertz CT molecular complexity index is 706. The van der Waals surface area contributed by atoms with Gasteiger partial charge in [-0.05, 0) is 80.7 Å². The molecule has 0 amide bonds. The highest BCUT2D eigenvalue weighted by Crippen LogP contribution is 2.35. The lowest BCUT2D eigenvalue weighted by molar-refractivity contribution is 0.101. The summed E-state index contributed by atoms with van der Waals surface area (Å²) >= 11 is 0. The molecule has 2 aliphatic heterocycles. The molecule has 2 heteroatoms. The van der Waals surface area contributed by atoms with Crippen molar-refractivity contribution in [3.8, 4) is 0 Å². The minimum Gasteiger partial charge on any atom is -0.303 e. The van der Waals surface area contributed by atoms with E-state index >= 15 is 0 Å². The molecule has 29 heavy (non-hydrogen) atoms. The van der Waals surface area contributed by atoms with Crippen molar-refractivity contribution < 1.29 is 0 Å². The molecule has 0 N–H and O–H groups in total. The molecular weight excluding hydrogens is 352 g/mol. The van der Waals surface area contributed by atoms with Crippen LogP contribution in [-0.2, 0) is 0 Å². The summed E-state index contributed by atoms with van der Waals surface area (Å²) in [6.07, 6.45) is 6.58. The van der Waals surface area contributed by atoms with E-state index in [2.05, 4.69) is 77.4 Å². The van der Waals surface area contributed by atoms with Gasteiger partial charge in [0.25, 0.3) is 0 Å². The van der Waals surface area contributed by atoms with Gasteiger partial charge in [-0.2, -0.15) is 0 Å². The molecule has 2 saturated heterocycles. The molecule has 4 rings (SSSR count). The fourth-order valence-corrected chi connectivity index (χ4v) is 5.52. The zero-order valence-electron chi connectivity index (χ0n) is 18.2. The van der Waals surface area contributed by atoms with Crippen LogP contribution in [0.15, 0.2) is 60.7 Å². The number of benzene rings is 2. The summed E-state index contributed by atoms with van der Waals surface area (Å²) in [5.41, 5.74) is 3.10. The van der Waals surface area contributed by atoms with Gasteiger partial charge in [-0.25, -0.2) is 0 Å². The van der Waals surface area contributed by atoms with Crippen LogP contribution in [0.2, 0.25) is 0 Å². The van der Waals surface area contributed by atoms with Crippen molar-refractivity contribution in [3.63, 3.8) is 0 Å². The van der Waals surface area contributed by atoms with Crippen molar-refractivity contribution in [2.75, 3.05) is 39.3 Å². The zero-order valence-corrected chi connectivity index (χ0v) is 18.2. The number of nitrogens with zero attached hydrogens (tertiary/aromatic N) is 2. The Balaban J connectivity index is 1.38. The molecule has 2 aliphatic rings. The maximum absolute atomic E-state index is 2.77. The molecule has 0 unspecified atom stereocenters. The SMILES string of the molecule is CCCCN1CC[C@H](c2ccccc2)[C@@H](CN2CCC(c3ccccc3)CC2)C1. The number of rotatable bonds is 7. The number of hydrogen-bond donors (Lipinski definition) is 0. The molecule has 0 bridgehead atoms. The molecule has 2 nitrogen and oxygen atoms in total. The van der Waals surface area contributed by atoms with Gasteiger partial charge in [0.1, 0.15) is 0 Å². The van der Waals surface area contributed by atoms with E-state index in [1.807, 2.05) is 0 Å². The number of likely N-dealkylation sites (tertiary alicyclic amines) is 2. The zero-order chi connectivity index (χ0) is 19.9. The topological polar surface area (TPSA) is 6.48 Å². The molecule has 0 radical (unpaired) electrons. The monoisotopic (exact) mass is 390 g/mol. The van der Waals surface area contributed by atoms with E-state index in [9.17, 15) is 0 Å². The molecule has 2 fully saturated rings. The van der Waals surface area contributed by atoms with Crippen LogP contribution in [0.5, 0.6) is 0 Å². The highest BCUT2D eigenvalue weighted by atomic mass is 15.2. The van der Waals surface area contributed by atoms with E-state index in [-0.39, 0.29) is 0 Å². The first-order chi connectivity index (χ1) is 14.3. The average Bonchev–Trinajstić information content (AvgIpc) is 2.79. The second-order valence-corrected chi connectivity index (χ2v) is 9.21. The normalized spacial score (nSPS) is 24.6. The lowest BCUT2D eigenvalue weighted by Gasteiger charge is -2.42. The Morgan fingerprint density at radius 3 is 2.03 bits per heavy atom. The molecule has 2 aromatic carbocycles. The number of piperidine rings is 2. The maximum Gasteiger partial charge on any atom is 0.00278 e. The maximum atomic E-state index is 2.77.